The first-order valence-corrected chi connectivity index (χ1v) is 10.6. The molecule has 0 aromatic carbocycles. The van der Waals surface area contributed by atoms with Crippen molar-refractivity contribution in [3.8, 4) is 17.9 Å². The van der Waals surface area contributed by atoms with Crippen molar-refractivity contribution >= 4 is 22.0 Å². The second kappa shape index (κ2) is 9.84. The third kappa shape index (κ3) is 5.33. The summed E-state index contributed by atoms with van der Waals surface area (Å²) in [6.07, 6.45) is 6.25. The van der Waals surface area contributed by atoms with Crippen LogP contribution in [0.25, 0.3) is 5.57 Å². The van der Waals surface area contributed by atoms with Crippen LogP contribution in [0, 0.1) is 23.2 Å². The van der Waals surface area contributed by atoms with Gasteiger partial charge in [0.15, 0.2) is 5.13 Å². The van der Waals surface area contributed by atoms with E-state index >= 15 is 0 Å². The summed E-state index contributed by atoms with van der Waals surface area (Å²) in [5.74, 6) is 5.74. The Labute approximate surface area is 175 Å². The molecule has 2 aliphatic heterocycles. The molecule has 0 amide bonds. The van der Waals surface area contributed by atoms with Crippen molar-refractivity contribution in [2.24, 2.45) is 5.73 Å². The normalized spacial score (nSPS) is 21.2. The molecule has 0 spiro atoms. The molecule has 1 aromatic rings. The summed E-state index contributed by atoms with van der Waals surface area (Å²) in [4.78, 5) is 7.75. The number of hydrogen-bond donors (Lipinski definition) is 1. The predicted molar refractivity (Wildman–Crippen MR) is 115 cm³/mol. The standard InChI is InChI=1S/C22H25FN4OS/c1-3-16(14-24)19(23)13-15(2)21-20(7-6-18-5-4-12-28-18)29-22(26-21)27-10-8-17(25)9-11-27/h3,13,17-18H,1,4-5,8-12,25H2,2H3/b15-13+,19-16-. The molecule has 1 atom stereocenters. The van der Waals surface area contributed by atoms with E-state index in [9.17, 15) is 4.39 Å². The fraction of sp³-hybridized carbons (Fsp3) is 0.455. The number of thiazole rings is 1. The minimum atomic E-state index is -0.628. The highest BCUT2D eigenvalue weighted by molar-refractivity contribution is 7.16. The van der Waals surface area contributed by atoms with Crippen molar-refractivity contribution in [2.45, 2.75) is 44.8 Å². The number of piperidine rings is 1. The Morgan fingerprint density at radius 1 is 1.41 bits per heavy atom. The lowest BCUT2D eigenvalue weighted by Gasteiger charge is -2.29. The molecule has 3 rings (SSSR count). The second-order valence-corrected chi connectivity index (χ2v) is 8.15. The van der Waals surface area contributed by atoms with Gasteiger partial charge in [-0.1, -0.05) is 29.8 Å². The number of allylic oxidation sites excluding steroid dienone is 5. The summed E-state index contributed by atoms with van der Waals surface area (Å²) in [5, 5.41) is 9.89. The van der Waals surface area contributed by atoms with Gasteiger partial charge in [-0.15, -0.1) is 0 Å². The molecular weight excluding hydrogens is 387 g/mol. The number of halogens is 1. The van der Waals surface area contributed by atoms with Crippen LogP contribution in [-0.4, -0.2) is 36.8 Å². The summed E-state index contributed by atoms with van der Waals surface area (Å²) in [7, 11) is 0. The van der Waals surface area contributed by atoms with Crippen LogP contribution < -0.4 is 10.6 Å². The quantitative estimate of drug-likeness (QED) is 0.461. The van der Waals surface area contributed by atoms with E-state index in [1.807, 2.05) is 0 Å². The molecule has 1 aromatic heterocycles. The summed E-state index contributed by atoms with van der Waals surface area (Å²) in [6.45, 7) is 7.69. The monoisotopic (exact) mass is 412 g/mol. The molecule has 0 radical (unpaired) electrons. The molecule has 3 heterocycles. The van der Waals surface area contributed by atoms with E-state index in [0.717, 1.165) is 55.4 Å². The number of nitrogens with two attached hydrogens (primary N) is 1. The molecule has 2 N–H and O–H groups in total. The van der Waals surface area contributed by atoms with E-state index in [0.29, 0.717) is 11.3 Å². The number of nitrogens with zero attached hydrogens (tertiary/aromatic N) is 3. The van der Waals surface area contributed by atoms with Gasteiger partial charge in [-0.25, -0.2) is 9.37 Å². The Bertz CT molecular complexity index is 917. The van der Waals surface area contributed by atoms with Gasteiger partial charge >= 0.3 is 0 Å². The highest BCUT2D eigenvalue weighted by Gasteiger charge is 2.22. The van der Waals surface area contributed by atoms with Gasteiger partial charge in [-0.3, -0.25) is 0 Å². The number of aromatic nitrogens is 1. The van der Waals surface area contributed by atoms with Crippen LogP contribution in [0.4, 0.5) is 9.52 Å². The first-order chi connectivity index (χ1) is 14.0. The van der Waals surface area contributed by atoms with E-state index in [1.165, 1.54) is 23.5 Å². The van der Waals surface area contributed by atoms with Gasteiger partial charge in [0.25, 0.3) is 0 Å². The van der Waals surface area contributed by atoms with Crippen LogP contribution in [0.5, 0.6) is 0 Å². The van der Waals surface area contributed by atoms with Crippen molar-refractivity contribution < 1.29 is 9.13 Å². The lowest BCUT2D eigenvalue weighted by Crippen LogP contribution is -2.39. The van der Waals surface area contributed by atoms with Gasteiger partial charge < -0.3 is 15.4 Å². The Kier molecular flexibility index (Phi) is 7.22. The fourth-order valence-corrected chi connectivity index (χ4v) is 4.30. The number of nitriles is 1. The van der Waals surface area contributed by atoms with Crippen LogP contribution in [0.1, 0.15) is 43.2 Å². The smallest absolute Gasteiger partial charge is 0.187 e. The third-order valence-electron chi connectivity index (χ3n) is 5.00. The van der Waals surface area contributed by atoms with E-state index in [4.69, 9.17) is 20.7 Å². The van der Waals surface area contributed by atoms with E-state index < -0.39 is 5.83 Å². The number of rotatable bonds is 4. The Hall–Kier alpha value is -2.45. The van der Waals surface area contributed by atoms with Gasteiger partial charge in [0.05, 0.1) is 11.3 Å². The van der Waals surface area contributed by atoms with Crippen LogP contribution >= 0.6 is 11.3 Å². The van der Waals surface area contributed by atoms with Crippen LogP contribution in [0.15, 0.2) is 30.1 Å². The lowest BCUT2D eigenvalue weighted by atomic mass is 10.1. The van der Waals surface area contributed by atoms with Crippen molar-refractivity contribution in [1.29, 1.82) is 5.26 Å². The van der Waals surface area contributed by atoms with Crippen molar-refractivity contribution in [1.82, 2.24) is 4.98 Å². The number of ether oxygens (including phenoxy) is 1. The van der Waals surface area contributed by atoms with E-state index in [1.54, 1.807) is 13.0 Å². The number of anilines is 1. The summed E-state index contributed by atoms with van der Waals surface area (Å²) >= 11 is 1.51. The average molecular weight is 413 g/mol. The molecule has 5 nitrogen and oxygen atoms in total. The van der Waals surface area contributed by atoms with E-state index in [2.05, 4.69) is 23.3 Å². The van der Waals surface area contributed by atoms with Crippen LogP contribution in [0.2, 0.25) is 0 Å². The molecule has 0 saturated carbocycles. The number of hydrogen-bond acceptors (Lipinski definition) is 6. The maximum Gasteiger partial charge on any atom is 0.187 e. The van der Waals surface area contributed by atoms with Gasteiger partial charge in [-0.2, -0.15) is 5.26 Å². The first kappa shape index (κ1) is 21.3. The highest BCUT2D eigenvalue weighted by atomic mass is 32.1. The molecule has 2 fully saturated rings. The SMILES string of the molecule is C=C/C(C#N)=C(F)\C=C(/C)c1nc(N2CCC(N)CC2)sc1C#CC1CCCO1. The summed E-state index contributed by atoms with van der Waals surface area (Å²) in [5.41, 5.74) is 7.17. The van der Waals surface area contributed by atoms with Gasteiger partial charge in [0.1, 0.15) is 22.9 Å². The third-order valence-corrected chi connectivity index (χ3v) is 6.03. The Morgan fingerprint density at radius 2 is 2.17 bits per heavy atom. The molecule has 0 bridgehead atoms. The van der Waals surface area contributed by atoms with Gasteiger partial charge in [-0.05, 0) is 50.3 Å². The van der Waals surface area contributed by atoms with Crippen molar-refractivity contribution in [3.05, 3.63) is 40.7 Å². The predicted octanol–water partition coefficient (Wildman–Crippen LogP) is 3.94. The topological polar surface area (TPSA) is 75.2 Å². The molecule has 0 aliphatic carbocycles. The molecule has 152 valence electrons. The minimum Gasteiger partial charge on any atom is -0.366 e. The zero-order chi connectivity index (χ0) is 20.8. The zero-order valence-electron chi connectivity index (χ0n) is 16.6. The van der Waals surface area contributed by atoms with Crippen LogP contribution in [-0.2, 0) is 4.74 Å². The average Bonchev–Trinajstić information content (AvgIpc) is 3.37. The summed E-state index contributed by atoms with van der Waals surface area (Å²) in [6, 6.07) is 2.04. The molecule has 7 heteroatoms. The van der Waals surface area contributed by atoms with Crippen LogP contribution in [0.3, 0.4) is 0 Å². The maximum absolute atomic E-state index is 14.4. The lowest BCUT2D eigenvalue weighted by molar-refractivity contribution is 0.152. The Morgan fingerprint density at radius 3 is 2.79 bits per heavy atom. The van der Waals surface area contributed by atoms with Crippen molar-refractivity contribution in [2.75, 3.05) is 24.6 Å². The molecule has 29 heavy (non-hydrogen) atoms. The van der Waals surface area contributed by atoms with Gasteiger partial charge in [0.2, 0.25) is 0 Å². The highest BCUT2D eigenvalue weighted by Crippen LogP contribution is 2.32. The minimum absolute atomic E-state index is 0.0618. The molecule has 1 unspecified atom stereocenters. The zero-order valence-corrected chi connectivity index (χ0v) is 17.4. The molecule has 2 saturated heterocycles. The second-order valence-electron chi connectivity index (χ2n) is 7.17. The van der Waals surface area contributed by atoms with E-state index in [-0.39, 0.29) is 17.7 Å². The summed E-state index contributed by atoms with van der Waals surface area (Å²) < 4.78 is 20.0. The maximum atomic E-state index is 14.4. The molecule has 2 aliphatic rings. The molecular formula is C22H25FN4OS. The van der Waals surface area contributed by atoms with Gasteiger partial charge in [0, 0.05) is 25.7 Å². The van der Waals surface area contributed by atoms with Crippen molar-refractivity contribution in [3.63, 3.8) is 0 Å². The first-order valence-electron chi connectivity index (χ1n) is 9.77. The largest absolute Gasteiger partial charge is 0.366 e. The Balaban J connectivity index is 1.95. The fourth-order valence-electron chi connectivity index (χ4n) is 3.26.